The molecule has 1 N–H and O–H groups in total. The average Bonchev–Trinajstić information content (AvgIpc) is 3.26. The Balaban J connectivity index is 1.53. The van der Waals surface area contributed by atoms with Crippen molar-refractivity contribution in [2.75, 3.05) is 5.32 Å². The van der Waals surface area contributed by atoms with E-state index in [1.54, 1.807) is 0 Å². The van der Waals surface area contributed by atoms with Gasteiger partial charge in [0, 0.05) is 5.69 Å². The van der Waals surface area contributed by atoms with Crippen LogP contribution in [-0.4, -0.2) is 5.91 Å². The van der Waals surface area contributed by atoms with Gasteiger partial charge in [0.05, 0.1) is 5.41 Å². The average molecular weight is 414 g/mol. The van der Waals surface area contributed by atoms with Crippen LogP contribution in [0, 0.1) is 20.8 Å². The van der Waals surface area contributed by atoms with Gasteiger partial charge in [-0.2, -0.15) is 0 Å². The summed E-state index contributed by atoms with van der Waals surface area (Å²) >= 11 is 0. The van der Waals surface area contributed by atoms with Gasteiger partial charge in [0.25, 0.3) is 0 Å². The maximum Gasteiger partial charge on any atom is 0.235 e. The van der Waals surface area contributed by atoms with Crippen molar-refractivity contribution in [2.45, 2.75) is 58.5 Å². The Labute approximate surface area is 185 Å². The van der Waals surface area contributed by atoms with E-state index in [0.717, 1.165) is 59.4 Å². The van der Waals surface area contributed by atoms with Crippen LogP contribution in [0.5, 0.6) is 5.75 Å². The zero-order chi connectivity index (χ0) is 21.8. The topological polar surface area (TPSA) is 38.3 Å². The molecule has 0 spiro atoms. The van der Waals surface area contributed by atoms with Gasteiger partial charge in [-0.3, -0.25) is 4.79 Å². The number of anilines is 1. The Morgan fingerprint density at radius 3 is 2.13 bits per heavy atom. The molecule has 1 aliphatic rings. The normalized spacial score (nSPS) is 14.9. The van der Waals surface area contributed by atoms with E-state index >= 15 is 0 Å². The molecule has 0 aromatic heterocycles. The molecule has 0 unspecified atom stereocenters. The van der Waals surface area contributed by atoms with Gasteiger partial charge in [-0.25, -0.2) is 0 Å². The van der Waals surface area contributed by atoms with Crippen LogP contribution in [0.1, 0.15) is 53.5 Å². The number of benzene rings is 3. The number of amides is 1. The van der Waals surface area contributed by atoms with Crippen molar-refractivity contribution in [3.05, 3.63) is 94.5 Å². The van der Waals surface area contributed by atoms with E-state index in [1.165, 1.54) is 5.56 Å². The Kier molecular flexibility index (Phi) is 6.13. The number of carbonyl (C=O) groups is 1. The number of aryl methyl sites for hydroxylation is 3. The SMILES string of the molecule is Cc1ccc(C2(C(=O)Nc3cc(C)c(OCc4ccccc4)c(C)c3)CCCC2)cc1. The highest BCUT2D eigenvalue weighted by atomic mass is 16.5. The zero-order valence-electron chi connectivity index (χ0n) is 18.7. The minimum Gasteiger partial charge on any atom is -0.488 e. The van der Waals surface area contributed by atoms with Gasteiger partial charge in [0.15, 0.2) is 0 Å². The van der Waals surface area contributed by atoms with Crippen molar-refractivity contribution in [1.29, 1.82) is 0 Å². The molecule has 3 heteroatoms. The van der Waals surface area contributed by atoms with Crippen molar-refractivity contribution in [3.8, 4) is 5.75 Å². The molecule has 3 nitrogen and oxygen atoms in total. The molecule has 1 aliphatic carbocycles. The molecule has 0 aliphatic heterocycles. The first-order valence-corrected chi connectivity index (χ1v) is 11.1. The lowest BCUT2D eigenvalue weighted by Gasteiger charge is -2.29. The molecule has 1 saturated carbocycles. The van der Waals surface area contributed by atoms with Crippen LogP contribution in [0.2, 0.25) is 0 Å². The fourth-order valence-electron chi connectivity index (χ4n) is 4.73. The molecule has 4 rings (SSSR count). The molecule has 0 bridgehead atoms. The first-order chi connectivity index (χ1) is 15.0. The molecule has 0 heterocycles. The number of rotatable bonds is 6. The lowest BCUT2D eigenvalue weighted by Crippen LogP contribution is -2.38. The highest BCUT2D eigenvalue weighted by Crippen LogP contribution is 2.42. The van der Waals surface area contributed by atoms with Gasteiger partial charge in [-0.1, -0.05) is 73.0 Å². The summed E-state index contributed by atoms with van der Waals surface area (Å²) in [6.07, 6.45) is 3.98. The van der Waals surface area contributed by atoms with Crippen molar-refractivity contribution < 1.29 is 9.53 Å². The quantitative estimate of drug-likeness (QED) is 0.492. The van der Waals surface area contributed by atoms with E-state index in [2.05, 4.69) is 48.6 Å². The smallest absolute Gasteiger partial charge is 0.235 e. The van der Waals surface area contributed by atoms with Crippen LogP contribution < -0.4 is 10.1 Å². The summed E-state index contributed by atoms with van der Waals surface area (Å²) in [5.41, 5.74) is 5.95. The summed E-state index contributed by atoms with van der Waals surface area (Å²) in [4.78, 5) is 13.5. The van der Waals surface area contributed by atoms with E-state index in [0.29, 0.717) is 6.61 Å². The molecule has 3 aromatic carbocycles. The third-order valence-corrected chi connectivity index (χ3v) is 6.44. The van der Waals surface area contributed by atoms with Crippen LogP contribution in [0.4, 0.5) is 5.69 Å². The fraction of sp³-hybridized carbons (Fsp3) is 0.321. The van der Waals surface area contributed by atoms with E-state index in [-0.39, 0.29) is 5.91 Å². The number of hydrogen-bond donors (Lipinski definition) is 1. The Bertz CT molecular complexity index is 1030. The molecule has 31 heavy (non-hydrogen) atoms. The van der Waals surface area contributed by atoms with E-state index in [9.17, 15) is 4.79 Å². The maximum absolute atomic E-state index is 13.5. The summed E-state index contributed by atoms with van der Waals surface area (Å²) in [5.74, 6) is 0.988. The first kappa shape index (κ1) is 21.2. The molecular formula is C28H31NO2. The molecule has 0 radical (unpaired) electrons. The third kappa shape index (κ3) is 4.51. The third-order valence-electron chi connectivity index (χ3n) is 6.44. The van der Waals surface area contributed by atoms with E-state index in [1.807, 2.05) is 44.2 Å². The van der Waals surface area contributed by atoms with Gasteiger partial charge in [0.2, 0.25) is 5.91 Å². The van der Waals surface area contributed by atoms with Crippen molar-refractivity contribution in [3.63, 3.8) is 0 Å². The van der Waals surface area contributed by atoms with Crippen molar-refractivity contribution in [1.82, 2.24) is 0 Å². The Morgan fingerprint density at radius 1 is 0.903 bits per heavy atom. The van der Waals surface area contributed by atoms with E-state index < -0.39 is 5.41 Å². The molecular weight excluding hydrogens is 382 g/mol. The Morgan fingerprint density at radius 2 is 1.52 bits per heavy atom. The number of nitrogens with one attached hydrogen (secondary N) is 1. The summed E-state index contributed by atoms with van der Waals surface area (Å²) < 4.78 is 6.10. The van der Waals surface area contributed by atoms with Gasteiger partial charge in [-0.15, -0.1) is 0 Å². The van der Waals surface area contributed by atoms with Crippen LogP contribution in [0.15, 0.2) is 66.7 Å². The molecule has 1 fully saturated rings. The minimum atomic E-state index is -0.433. The monoisotopic (exact) mass is 413 g/mol. The summed E-state index contributed by atoms with van der Waals surface area (Å²) in [6.45, 7) is 6.69. The zero-order valence-corrected chi connectivity index (χ0v) is 18.7. The molecule has 3 aromatic rings. The number of ether oxygens (including phenoxy) is 1. The first-order valence-electron chi connectivity index (χ1n) is 11.1. The maximum atomic E-state index is 13.5. The van der Waals surface area contributed by atoms with Crippen LogP contribution in [0.25, 0.3) is 0 Å². The van der Waals surface area contributed by atoms with Gasteiger partial charge >= 0.3 is 0 Å². The summed E-state index contributed by atoms with van der Waals surface area (Å²) in [6, 6.07) is 22.7. The van der Waals surface area contributed by atoms with Gasteiger partial charge < -0.3 is 10.1 Å². The number of carbonyl (C=O) groups excluding carboxylic acids is 1. The van der Waals surface area contributed by atoms with Crippen LogP contribution in [-0.2, 0) is 16.8 Å². The second kappa shape index (κ2) is 8.97. The fourth-order valence-corrected chi connectivity index (χ4v) is 4.73. The number of hydrogen-bond acceptors (Lipinski definition) is 2. The molecule has 160 valence electrons. The summed E-state index contributed by atoms with van der Waals surface area (Å²) in [7, 11) is 0. The lowest BCUT2D eigenvalue weighted by atomic mass is 9.77. The standard InChI is InChI=1S/C28H31NO2/c1-20-11-13-24(14-12-20)28(15-7-8-16-28)27(30)29-25-17-21(2)26(22(3)18-25)31-19-23-9-5-4-6-10-23/h4-6,9-14,17-18H,7-8,15-16,19H2,1-3H3,(H,29,30). The summed E-state index contributed by atoms with van der Waals surface area (Å²) in [5, 5.41) is 3.23. The van der Waals surface area contributed by atoms with E-state index in [4.69, 9.17) is 4.74 Å². The highest BCUT2D eigenvalue weighted by Gasteiger charge is 2.42. The second-order valence-corrected chi connectivity index (χ2v) is 8.82. The lowest BCUT2D eigenvalue weighted by molar-refractivity contribution is -0.121. The predicted octanol–water partition coefficient (Wildman–Crippen LogP) is 6.64. The highest BCUT2D eigenvalue weighted by molar-refractivity contribution is 5.99. The largest absolute Gasteiger partial charge is 0.488 e. The van der Waals surface area contributed by atoms with Crippen molar-refractivity contribution in [2.24, 2.45) is 0 Å². The molecule has 1 amide bonds. The van der Waals surface area contributed by atoms with Gasteiger partial charge in [0.1, 0.15) is 12.4 Å². The minimum absolute atomic E-state index is 0.102. The van der Waals surface area contributed by atoms with Crippen LogP contribution in [0.3, 0.4) is 0 Å². The predicted molar refractivity (Wildman–Crippen MR) is 127 cm³/mol. The molecule has 0 atom stereocenters. The van der Waals surface area contributed by atoms with Gasteiger partial charge in [-0.05, 0) is 68.0 Å². The van der Waals surface area contributed by atoms with Crippen molar-refractivity contribution >= 4 is 11.6 Å². The van der Waals surface area contributed by atoms with Crippen LogP contribution >= 0.6 is 0 Å². The second-order valence-electron chi connectivity index (χ2n) is 8.82. The Hall–Kier alpha value is -3.07. The molecule has 0 saturated heterocycles.